The van der Waals surface area contributed by atoms with Crippen LogP contribution in [0.15, 0.2) is 6.07 Å². The summed E-state index contributed by atoms with van der Waals surface area (Å²) in [6.45, 7) is 2.10. The van der Waals surface area contributed by atoms with Crippen molar-refractivity contribution in [1.29, 1.82) is 0 Å². The highest BCUT2D eigenvalue weighted by atomic mass is 35.5. The Hall–Kier alpha value is -1.42. The first-order valence-electron chi connectivity index (χ1n) is 6.23. The lowest BCUT2D eigenvalue weighted by atomic mass is 10.00. The molecule has 0 atom stereocenters. The fourth-order valence-electron chi connectivity index (χ4n) is 1.91. The summed E-state index contributed by atoms with van der Waals surface area (Å²) in [5, 5.41) is 10.1. The zero-order chi connectivity index (χ0) is 14.4. The van der Waals surface area contributed by atoms with Crippen molar-refractivity contribution >= 4 is 17.6 Å². The minimum absolute atomic E-state index is 0.0298. The third-order valence-corrected chi connectivity index (χ3v) is 3.31. The van der Waals surface area contributed by atoms with Crippen LogP contribution < -0.4 is 4.74 Å². The van der Waals surface area contributed by atoms with Crippen molar-refractivity contribution in [3.8, 4) is 11.5 Å². The van der Waals surface area contributed by atoms with Crippen molar-refractivity contribution in [1.82, 2.24) is 0 Å². The first-order chi connectivity index (χ1) is 9.06. The van der Waals surface area contributed by atoms with Crippen LogP contribution in [0.25, 0.3) is 0 Å². The van der Waals surface area contributed by atoms with E-state index in [1.54, 1.807) is 6.07 Å². The molecule has 0 spiro atoms. The number of carbonyl (C=O) groups is 1. The van der Waals surface area contributed by atoms with Crippen molar-refractivity contribution in [2.45, 2.75) is 32.6 Å². The fraction of sp³-hybridized carbons (Fsp3) is 0.500. The SMILES string of the molecule is CCCCCc1cc(OC)c(Cl)c(O)c1C(=O)OC. The highest BCUT2D eigenvalue weighted by Gasteiger charge is 2.22. The second-order valence-electron chi connectivity index (χ2n) is 4.22. The molecule has 0 aromatic heterocycles. The smallest absolute Gasteiger partial charge is 0.341 e. The van der Waals surface area contributed by atoms with Gasteiger partial charge in [0.15, 0.2) is 5.75 Å². The van der Waals surface area contributed by atoms with Gasteiger partial charge in [-0.1, -0.05) is 31.4 Å². The molecule has 0 aliphatic heterocycles. The molecule has 1 aromatic rings. The molecular formula is C14H19ClO4. The van der Waals surface area contributed by atoms with Crippen LogP contribution in [0.1, 0.15) is 42.1 Å². The second kappa shape index (κ2) is 7.24. The predicted octanol–water partition coefficient (Wildman–Crippen LogP) is 3.57. The number of ether oxygens (including phenoxy) is 2. The number of esters is 1. The van der Waals surface area contributed by atoms with Crippen molar-refractivity contribution in [2.75, 3.05) is 14.2 Å². The Balaban J connectivity index is 3.23. The maximum absolute atomic E-state index is 11.8. The molecule has 1 rings (SSSR count). The average Bonchev–Trinajstić information content (AvgIpc) is 2.42. The molecule has 106 valence electrons. The van der Waals surface area contributed by atoms with E-state index in [-0.39, 0.29) is 16.3 Å². The van der Waals surface area contributed by atoms with Gasteiger partial charge in [0, 0.05) is 0 Å². The minimum atomic E-state index is -0.589. The number of carbonyl (C=O) groups excluding carboxylic acids is 1. The third-order valence-electron chi connectivity index (χ3n) is 2.95. The van der Waals surface area contributed by atoms with E-state index in [1.165, 1.54) is 14.2 Å². The molecule has 0 bridgehead atoms. The highest BCUT2D eigenvalue weighted by molar-refractivity contribution is 6.34. The van der Waals surface area contributed by atoms with Crippen LogP contribution in [0.5, 0.6) is 11.5 Å². The van der Waals surface area contributed by atoms with Crippen LogP contribution in [-0.4, -0.2) is 25.3 Å². The maximum atomic E-state index is 11.8. The molecule has 0 fully saturated rings. The maximum Gasteiger partial charge on any atom is 0.341 e. The number of halogens is 1. The van der Waals surface area contributed by atoms with Gasteiger partial charge >= 0.3 is 5.97 Å². The number of phenolic OH excluding ortho intramolecular Hbond substituents is 1. The second-order valence-corrected chi connectivity index (χ2v) is 4.60. The van der Waals surface area contributed by atoms with E-state index in [1.807, 2.05) is 0 Å². The average molecular weight is 287 g/mol. The number of hydrogen-bond donors (Lipinski definition) is 1. The summed E-state index contributed by atoms with van der Waals surface area (Å²) in [5.41, 5.74) is 0.823. The zero-order valence-electron chi connectivity index (χ0n) is 11.5. The van der Waals surface area contributed by atoms with Crippen molar-refractivity contribution in [3.63, 3.8) is 0 Å². The molecule has 0 saturated carbocycles. The zero-order valence-corrected chi connectivity index (χ0v) is 12.2. The van der Waals surface area contributed by atoms with Gasteiger partial charge in [-0.25, -0.2) is 4.79 Å². The van der Waals surface area contributed by atoms with Gasteiger partial charge in [0.25, 0.3) is 0 Å². The molecule has 19 heavy (non-hydrogen) atoms. The van der Waals surface area contributed by atoms with E-state index >= 15 is 0 Å². The van der Waals surface area contributed by atoms with Crippen LogP contribution >= 0.6 is 11.6 Å². The van der Waals surface area contributed by atoms with E-state index in [0.29, 0.717) is 17.7 Å². The molecular weight excluding hydrogens is 268 g/mol. The summed E-state index contributed by atoms with van der Waals surface area (Å²) >= 11 is 5.95. The molecule has 4 nitrogen and oxygen atoms in total. The van der Waals surface area contributed by atoms with Gasteiger partial charge in [-0.3, -0.25) is 0 Å². The number of aryl methyl sites for hydroxylation is 1. The molecule has 0 aliphatic carbocycles. The lowest BCUT2D eigenvalue weighted by Crippen LogP contribution is -2.07. The Morgan fingerprint density at radius 3 is 2.58 bits per heavy atom. The summed E-state index contributed by atoms with van der Waals surface area (Å²) in [6, 6.07) is 1.68. The van der Waals surface area contributed by atoms with Crippen LogP contribution in [0.2, 0.25) is 5.02 Å². The number of aromatic hydroxyl groups is 1. The van der Waals surface area contributed by atoms with E-state index in [4.69, 9.17) is 21.1 Å². The topological polar surface area (TPSA) is 55.8 Å². The Labute approximate surface area is 118 Å². The Kier molecular flexibility index (Phi) is 5.96. The predicted molar refractivity (Wildman–Crippen MR) is 74.2 cm³/mol. The number of rotatable bonds is 6. The monoisotopic (exact) mass is 286 g/mol. The quantitative estimate of drug-likeness (QED) is 0.641. The number of hydrogen-bond acceptors (Lipinski definition) is 4. The van der Waals surface area contributed by atoms with Crippen molar-refractivity contribution in [3.05, 3.63) is 22.2 Å². The van der Waals surface area contributed by atoms with E-state index < -0.39 is 5.97 Å². The van der Waals surface area contributed by atoms with Crippen LogP contribution in [0, 0.1) is 0 Å². The summed E-state index contributed by atoms with van der Waals surface area (Å²) in [4.78, 5) is 11.8. The number of unbranched alkanes of at least 4 members (excludes halogenated alkanes) is 2. The molecule has 0 aliphatic rings. The Morgan fingerprint density at radius 1 is 1.37 bits per heavy atom. The first-order valence-corrected chi connectivity index (χ1v) is 6.61. The van der Waals surface area contributed by atoms with Gasteiger partial charge in [-0.05, 0) is 24.5 Å². The molecule has 5 heteroatoms. The number of methoxy groups -OCH3 is 2. The van der Waals surface area contributed by atoms with Crippen LogP contribution in [0.4, 0.5) is 0 Å². The fourth-order valence-corrected chi connectivity index (χ4v) is 2.14. The van der Waals surface area contributed by atoms with Gasteiger partial charge in [0.05, 0.1) is 14.2 Å². The van der Waals surface area contributed by atoms with Gasteiger partial charge in [0.2, 0.25) is 0 Å². The lowest BCUT2D eigenvalue weighted by molar-refractivity contribution is 0.0596. The molecule has 0 radical (unpaired) electrons. The van der Waals surface area contributed by atoms with E-state index in [0.717, 1.165) is 19.3 Å². The number of phenols is 1. The van der Waals surface area contributed by atoms with Crippen LogP contribution in [-0.2, 0) is 11.2 Å². The summed E-state index contributed by atoms with van der Waals surface area (Å²) in [7, 11) is 2.74. The van der Waals surface area contributed by atoms with Crippen molar-refractivity contribution in [2.24, 2.45) is 0 Å². The van der Waals surface area contributed by atoms with Crippen molar-refractivity contribution < 1.29 is 19.4 Å². The standard InChI is InChI=1S/C14H19ClO4/c1-4-5-6-7-9-8-10(18-2)12(15)13(16)11(9)14(17)19-3/h8,16H,4-7H2,1-3H3. The largest absolute Gasteiger partial charge is 0.505 e. The van der Waals surface area contributed by atoms with Gasteiger partial charge in [0.1, 0.15) is 16.3 Å². The lowest BCUT2D eigenvalue weighted by Gasteiger charge is -2.14. The minimum Gasteiger partial charge on any atom is -0.505 e. The van der Waals surface area contributed by atoms with Gasteiger partial charge in [-0.15, -0.1) is 0 Å². The molecule has 0 heterocycles. The Morgan fingerprint density at radius 2 is 2.05 bits per heavy atom. The van der Waals surface area contributed by atoms with Crippen LogP contribution in [0.3, 0.4) is 0 Å². The summed E-state index contributed by atoms with van der Waals surface area (Å²) < 4.78 is 9.79. The first kappa shape index (κ1) is 15.6. The third kappa shape index (κ3) is 3.53. The highest BCUT2D eigenvalue weighted by Crippen LogP contribution is 2.39. The van der Waals surface area contributed by atoms with Gasteiger partial charge < -0.3 is 14.6 Å². The normalized spacial score (nSPS) is 10.3. The molecule has 0 saturated heterocycles. The van der Waals surface area contributed by atoms with E-state index in [9.17, 15) is 9.90 Å². The molecule has 1 N–H and O–H groups in total. The summed E-state index contributed by atoms with van der Waals surface area (Å²) in [5.74, 6) is -0.508. The number of benzene rings is 1. The van der Waals surface area contributed by atoms with E-state index in [2.05, 4.69) is 6.92 Å². The Bertz CT molecular complexity index is 457. The summed E-state index contributed by atoms with van der Waals surface area (Å²) in [6.07, 6.45) is 3.71. The molecule has 0 unspecified atom stereocenters. The molecule has 0 amide bonds. The van der Waals surface area contributed by atoms with Gasteiger partial charge in [-0.2, -0.15) is 0 Å². The molecule has 1 aromatic carbocycles.